The molecule has 1 saturated heterocycles. The monoisotopic (exact) mass is 366 g/mol. The van der Waals surface area contributed by atoms with Crippen LogP contribution in [0.4, 0.5) is 10.5 Å². The average Bonchev–Trinajstić information content (AvgIpc) is 3.06. The van der Waals surface area contributed by atoms with Gasteiger partial charge in [-0.25, -0.2) is 4.79 Å². The van der Waals surface area contributed by atoms with E-state index < -0.39 is 0 Å². The van der Waals surface area contributed by atoms with Gasteiger partial charge in [-0.05, 0) is 56.2 Å². The number of hydrogen-bond donors (Lipinski definition) is 1. The predicted molar refractivity (Wildman–Crippen MR) is 106 cm³/mol. The fourth-order valence-corrected chi connectivity index (χ4v) is 3.29. The van der Waals surface area contributed by atoms with Crippen LogP contribution >= 0.6 is 0 Å². The maximum atomic E-state index is 13.0. The van der Waals surface area contributed by atoms with Crippen LogP contribution in [0.3, 0.4) is 0 Å². The zero-order chi connectivity index (χ0) is 19.6. The van der Waals surface area contributed by atoms with Crippen molar-refractivity contribution in [3.63, 3.8) is 0 Å². The highest BCUT2D eigenvalue weighted by atomic mass is 16.2. The summed E-state index contributed by atoms with van der Waals surface area (Å²) in [5.74, 6) is -0.0593. The molecule has 1 aromatic heterocycles. The molecule has 1 aliphatic heterocycles. The number of carbonyl (C=O) groups is 2. The van der Waals surface area contributed by atoms with E-state index in [1.54, 1.807) is 16.0 Å². The van der Waals surface area contributed by atoms with Crippen LogP contribution < -0.4 is 10.2 Å². The van der Waals surface area contributed by atoms with E-state index in [9.17, 15) is 9.59 Å². The Hall–Kier alpha value is -2.89. The van der Waals surface area contributed by atoms with Gasteiger partial charge >= 0.3 is 6.03 Å². The molecule has 142 valence electrons. The fraction of sp³-hybridized carbons (Fsp3) is 0.381. The SMILES string of the molecule is Cc1ccnc(C[C@@H](C)N(C)C(=O)c2ccc(C)c(N3CCNC3=O)c2)c1. The number of aromatic nitrogens is 1. The van der Waals surface area contributed by atoms with Crippen molar-refractivity contribution in [2.24, 2.45) is 0 Å². The van der Waals surface area contributed by atoms with Gasteiger partial charge in [-0.15, -0.1) is 0 Å². The molecular formula is C21H26N4O2. The summed E-state index contributed by atoms with van der Waals surface area (Å²) in [5, 5.41) is 2.80. The summed E-state index contributed by atoms with van der Waals surface area (Å²) < 4.78 is 0. The Bertz CT molecular complexity index is 865. The van der Waals surface area contributed by atoms with Gasteiger partial charge in [0, 0.05) is 55.7 Å². The molecule has 0 spiro atoms. The second-order valence-electron chi connectivity index (χ2n) is 7.18. The normalized spacial score (nSPS) is 14.8. The second kappa shape index (κ2) is 7.78. The lowest BCUT2D eigenvalue weighted by atomic mass is 10.1. The van der Waals surface area contributed by atoms with E-state index in [0.717, 1.165) is 22.5 Å². The largest absolute Gasteiger partial charge is 0.339 e. The predicted octanol–water partition coefficient (Wildman–Crippen LogP) is 2.93. The topological polar surface area (TPSA) is 65.5 Å². The number of carbonyl (C=O) groups excluding carboxylic acids is 2. The number of aryl methyl sites for hydroxylation is 2. The molecule has 27 heavy (non-hydrogen) atoms. The van der Waals surface area contributed by atoms with E-state index in [1.807, 2.05) is 58.2 Å². The Kier molecular flexibility index (Phi) is 5.44. The molecule has 1 fully saturated rings. The number of hydrogen-bond acceptors (Lipinski definition) is 3. The van der Waals surface area contributed by atoms with Crippen LogP contribution in [0.1, 0.15) is 34.1 Å². The average molecular weight is 366 g/mol. The van der Waals surface area contributed by atoms with Crippen LogP contribution in [0.2, 0.25) is 0 Å². The number of benzene rings is 1. The smallest absolute Gasteiger partial charge is 0.322 e. The molecule has 6 nitrogen and oxygen atoms in total. The van der Waals surface area contributed by atoms with Gasteiger partial charge in [0.15, 0.2) is 0 Å². The van der Waals surface area contributed by atoms with Gasteiger partial charge in [0.1, 0.15) is 0 Å². The number of pyridine rings is 1. The molecule has 0 saturated carbocycles. The third-order valence-corrected chi connectivity index (χ3v) is 5.06. The minimum absolute atomic E-state index is 0.00615. The summed E-state index contributed by atoms with van der Waals surface area (Å²) in [7, 11) is 1.81. The zero-order valence-corrected chi connectivity index (χ0v) is 16.3. The summed E-state index contributed by atoms with van der Waals surface area (Å²) >= 11 is 0. The summed E-state index contributed by atoms with van der Waals surface area (Å²) in [5.41, 5.74) is 4.48. The first-order valence-corrected chi connectivity index (χ1v) is 9.21. The summed E-state index contributed by atoms with van der Waals surface area (Å²) in [4.78, 5) is 32.8. The van der Waals surface area contributed by atoms with Crippen molar-refractivity contribution in [2.45, 2.75) is 33.2 Å². The van der Waals surface area contributed by atoms with Crippen molar-refractivity contribution in [1.29, 1.82) is 0 Å². The van der Waals surface area contributed by atoms with E-state index in [1.165, 1.54) is 0 Å². The summed E-state index contributed by atoms with van der Waals surface area (Å²) in [6, 6.07) is 9.44. The van der Waals surface area contributed by atoms with Gasteiger partial charge in [0.2, 0.25) is 0 Å². The first kappa shape index (κ1) is 18.9. The number of likely N-dealkylation sites (N-methyl/N-ethyl adjacent to an activating group) is 1. The molecule has 6 heteroatoms. The van der Waals surface area contributed by atoms with Crippen molar-refractivity contribution in [3.8, 4) is 0 Å². The molecule has 1 aromatic carbocycles. The third-order valence-electron chi connectivity index (χ3n) is 5.06. The Morgan fingerprint density at radius 2 is 2.07 bits per heavy atom. The lowest BCUT2D eigenvalue weighted by molar-refractivity contribution is 0.0743. The van der Waals surface area contributed by atoms with Gasteiger partial charge < -0.3 is 10.2 Å². The molecule has 3 amide bonds. The van der Waals surface area contributed by atoms with Crippen LogP contribution in [-0.2, 0) is 6.42 Å². The van der Waals surface area contributed by atoms with Crippen molar-refractivity contribution < 1.29 is 9.59 Å². The Morgan fingerprint density at radius 3 is 2.74 bits per heavy atom. The van der Waals surface area contributed by atoms with Crippen LogP contribution in [0.5, 0.6) is 0 Å². The molecule has 1 atom stereocenters. The van der Waals surface area contributed by atoms with Gasteiger partial charge in [-0.2, -0.15) is 0 Å². The highest BCUT2D eigenvalue weighted by molar-refractivity contribution is 5.99. The highest BCUT2D eigenvalue weighted by Gasteiger charge is 2.25. The lowest BCUT2D eigenvalue weighted by Crippen LogP contribution is -2.37. The van der Waals surface area contributed by atoms with E-state index in [2.05, 4.69) is 10.3 Å². The van der Waals surface area contributed by atoms with Crippen LogP contribution in [0.25, 0.3) is 0 Å². The number of urea groups is 1. The van der Waals surface area contributed by atoms with E-state index >= 15 is 0 Å². The van der Waals surface area contributed by atoms with Crippen molar-refractivity contribution in [2.75, 3.05) is 25.0 Å². The van der Waals surface area contributed by atoms with Gasteiger partial charge in [0.25, 0.3) is 5.91 Å². The van der Waals surface area contributed by atoms with Gasteiger partial charge in [-0.1, -0.05) is 6.07 Å². The quantitative estimate of drug-likeness (QED) is 0.885. The Morgan fingerprint density at radius 1 is 1.30 bits per heavy atom. The third kappa shape index (κ3) is 4.10. The molecule has 0 aliphatic carbocycles. The second-order valence-corrected chi connectivity index (χ2v) is 7.18. The minimum Gasteiger partial charge on any atom is -0.339 e. The summed E-state index contributed by atoms with van der Waals surface area (Å²) in [6.07, 6.45) is 2.49. The molecule has 0 bridgehead atoms. The van der Waals surface area contributed by atoms with Crippen LogP contribution in [-0.4, -0.2) is 48.0 Å². The maximum Gasteiger partial charge on any atom is 0.322 e. The van der Waals surface area contributed by atoms with E-state index in [0.29, 0.717) is 25.1 Å². The molecule has 0 radical (unpaired) electrons. The number of anilines is 1. The molecule has 0 unspecified atom stereocenters. The first-order chi connectivity index (χ1) is 12.9. The molecule has 2 heterocycles. The molecule has 1 aliphatic rings. The first-order valence-electron chi connectivity index (χ1n) is 9.21. The van der Waals surface area contributed by atoms with E-state index in [-0.39, 0.29) is 18.0 Å². The minimum atomic E-state index is -0.116. The van der Waals surface area contributed by atoms with Gasteiger partial charge in [0.05, 0.1) is 0 Å². The van der Waals surface area contributed by atoms with Crippen molar-refractivity contribution >= 4 is 17.6 Å². The van der Waals surface area contributed by atoms with Crippen LogP contribution in [0, 0.1) is 13.8 Å². The van der Waals surface area contributed by atoms with Gasteiger partial charge in [-0.3, -0.25) is 14.7 Å². The molecular weight excluding hydrogens is 340 g/mol. The summed E-state index contributed by atoms with van der Waals surface area (Å²) in [6.45, 7) is 7.24. The number of nitrogens with zero attached hydrogens (tertiary/aromatic N) is 3. The Balaban J connectivity index is 1.77. The number of rotatable bonds is 5. The molecule has 3 rings (SSSR count). The van der Waals surface area contributed by atoms with Crippen molar-refractivity contribution in [3.05, 3.63) is 58.9 Å². The zero-order valence-electron chi connectivity index (χ0n) is 16.3. The number of nitrogens with one attached hydrogen (secondary N) is 1. The number of amides is 3. The van der Waals surface area contributed by atoms with Crippen molar-refractivity contribution in [1.82, 2.24) is 15.2 Å². The highest BCUT2D eigenvalue weighted by Crippen LogP contribution is 2.24. The lowest BCUT2D eigenvalue weighted by Gasteiger charge is -2.26. The Labute approximate surface area is 160 Å². The fourth-order valence-electron chi connectivity index (χ4n) is 3.29. The standard InChI is InChI=1S/C21H26N4O2/c1-14-7-8-22-18(11-14)12-16(3)24(4)20(26)17-6-5-15(2)19(13-17)25-10-9-23-21(25)27/h5-8,11,13,16H,9-10,12H2,1-4H3,(H,23,27)/t16-/m1/s1. The molecule has 1 N–H and O–H groups in total. The van der Waals surface area contributed by atoms with E-state index in [4.69, 9.17) is 0 Å². The maximum absolute atomic E-state index is 13.0. The van der Waals surface area contributed by atoms with Crippen LogP contribution in [0.15, 0.2) is 36.5 Å². The molecule has 2 aromatic rings.